The molecule has 0 fully saturated rings. The standard InChI is InChI=1S/C21H42O3Si3/c1-10-16-19(13-25(4,5)22)17(11-2)21(15-27(8,9)24)18(12-3)20(16)14-26(6,7)23/h22-24H,10-15H2,1-9H3. The fraction of sp³-hybridized carbons (Fsp3) is 0.714. The molecule has 0 saturated carbocycles. The summed E-state index contributed by atoms with van der Waals surface area (Å²) in [7, 11) is -6.86. The van der Waals surface area contributed by atoms with E-state index in [1.807, 2.05) is 39.3 Å². The van der Waals surface area contributed by atoms with Crippen molar-refractivity contribution in [1.29, 1.82) is 0 Å². The lowest BCUT2D eigenvalue weighted by Crippen LogP contribution is -2.35. The van der Waals surface area contributed by atoms with Gasteiger partial charge in [-0.15, -0.1) is 0 Å². The predicted octanol–water partition coefficient (Wildman–Crippen LogP) is 4.21. The first-order chi connectivity index (χ1) is 12.1. The van der Waals surface area contributed by atoms with Gasteiger partial charge in [-0.3, -0.25) is 0 Å². The highest BCUT2D eigenvalue weighted by Gasteiger charge is 2.31. The van der Waals surface area contributed by atoms with Crippen LogP contribution in [-0.4, -0.2) is 39.3 Å². The van der Waals surface area contributed by atoms with E-state index in [-0.39, 0.29) is 0 Å². The first kappa shape index (κ1) is 24.8. The zero-order chi connectivity index (χ0) is 21.2. The van der Waals surface area contributed by atoms with Crippen molar-refractivity contribution in [3.63, 3.8) is 0 Å². The van der Waals surface area contributed by atoms with Gasteiger partial charge in [0.25, 0.3) is 0 Å². The number of hydrogen-bond donors (Lipinski definition) is 3. The molecule has 0 spiro atoms. The second kappa shape index (κ2) is 9.05. The van der Waals surface area contributed by atoms with Crippen LogP contribution in [0.25, 0.3) is 0 Å². The zero-order valence-electron chi connectivity index (χ0n) is 19.1. The van der Waals surface area contributed by atoms with E-state index in [9.17, 15) is 14.4 Å². The fourth-order valence-corrected chi connectivity index (χ4v) is 8.19. The van der Waals surface area contributed by atoms with Crippen molar-refractivity contribution in [3.8, 4) is 0 Å². The SMILES string of the molecule is CCc1c(C[Si](C)(C)O)c(CC)c(C[Si](C)(C)O)c(CC)c1C[Si](C)(C)O. The van der Waals surface area contributed by atoms with Gasteiger partial charge in [0.2, 0.25) is 0 Å². The Balaban J connectivity index is 3.94. The second-order valence-electron chi connectivity index (χ2n) is 9.90. The van der Waals surface area contributed by atoms with Crippen LogP contribution in [0.4, 0.5) is 0 Å². The quantitative estimate of drug-likeness (QED) is 0.518. The Bertz CT molecular complexity index is 539. The lowest BCUT2D eigenvalue weighted by atomic mass is 9.85. The Morgan fingerprint density at radius 1 is 0.444 bits per heavy atom. The maximum Gasteiger partial charge on any atom is 0.186 e. The van der Waals surface area contributed by atoms with Gasteiger partial charge in [0.1, 0.15) is 0 Å². The average molecular weight is 427 g/mol. The fourth-order valence-electron chi connectivity index (χ4n) is 4.31. The van der Waals surface area contributed by atoms with Crippen LogP contribution in [0.5, 0.6) is 0 Å². The summed E-state index contributed by atoms with van der Waals surface area (Å²) >= 11 is 0. The Labute approximate surface area is 170 Å². The number of hydrogen-bond acceptors (Lipinski definition) is 3. The number of rotatable bonds is 9. The van der Waals surface area contributed by atoms with E-state index in [4.69, 9.17) is 0 Å². The van der Waals surface area contributed by atoms with E-state index < -0.39 is 25.0 Å². The molecule has 3 N–H and O–H groups in total. The van der Waals surface area contributed by atoms with Gasteiger partial charge in [-0.05, 0) is 110 Å². The predicted molar refractivity (Wildman–Crippen MR) is 125 cm³/mol. The van der Waals surface area contributed by atoms with Crippen LogP contribution in [0, 0.1) is 0 Å². The van der Waals surface area contributed by atoms with E-state index >= 15 is 0 Å². The van der Waals surface area contributed by atoms with Crippen LogP contribution in [0.2, 0.25) is 39.3 Å². The van der Waals surface area contributed by atoms with Gasteiger partial charge in [0.05, 0.1) is 0 Å². The molecule has 156 valence electrons. The van der Waals surface area contributed by atoms with Crippen molar-refractivity contribution in [3.05, 3.63) is 33.4 Å². The average Bonchev–Trinajstić information content (AvgIpc) is 2.43. The minimum atomic E-state index is -2.29. The van der Waals surface area contributed by atoms with E-state index in [2.05, 4.69) is 20.8 Å². The van der Waals surface area contributed by atoms with Crippen molar-refractivity contribution < 1.29 is 14.4 Å². The van der Waals surface area contributed by atoms with Crippen molar-refractivity contribution >= 4 is 25.0 Å². The molecule has 0 bridgehead atoms. The third kappa shape index (κ3) is 7.25. The zero-order valence-corrected chi connectivity index (χ0v) is 22.1. The summed E-state index contributed by atoms with van der Waals surface area (Å²) in [6.07, 6.45) is 2.79. The first-order valence-electron chi connectivity index (χ1n) is 10.5. The van der Waals surface area contributed by atoms with Crippen molar-refractivity contribution in [2.45, 2.75) is 97.4 Å². The largest absolute Gasteiger partial charge is 0.432 e. The van der Waals surface area contributed by atoms with E-state index in [0.29, 0.717) is 0 Å². The highest BCUT2D eigenvalue weighted by molar-refractivity contribution is 6.70. The third-order valence-corrected chi connectivity index (χ3v) is 8.73. The molecule has 0 heterocycles. The Kier molecular flexibility index (Phi) is 8.31. The van der Waals surface area contributed by atoms with Gasteiger partial charge in [-0.25, -0.2) is 0 Å². The van der Waals surface area contributed by atoms with Crippen molar-refractivity contribution in [2.75, 3.05) is 0 Å². The molecule has 0 aliphatic carbocycles. The molecular weight excluding hydrogens is 384 g/mol. The van der Waals surface area contributed by atoms with Gasteiger partial charge in [0.15, 0.2) is 25.0 Å². The lowest BCUT2D eigenvalue weighted by Gasteiger charge is -2.31. The van der Waals surface area contributed by atoms with Crippen LogP contribution in [-0.2, 0) is 37.4 Å². The molecule has 3 nitrogen and oxygen atoms in total. The molecule has 0 radical (unpaired) electrons. The highest BCUT2D eigenvalue weighted by atomic mass is 28.4. The molecule has 6 heteroatoms. The summed E-state index contributed by atoms with van der Waals surface area (Å²) in [5, 5.41) is 0. The molecular formula is C21H42O3Si3. The topological polar surface area (TPSA) is 60.7 Å². The van der Waals surface area contributed by atoms with Crippen molar-refractivity contribution in [1.82, 2.24) is 0 Å². The number of benzene rings is 1. The molecule has 0 amide bonds. The van der Waals surface area contributed by atoms with Crippen LogP contribution >= 0.6 is 0 Å². The summed E-state index contributed by atoms with van der Waals surface area (Å²) < 4.78 is 0. The van der Waals surface area contributed by atoms with Gasteiger partial charge in [-0.2, -0.15) is 0 Å². The summed E-state index contributed by atoms with van der Waals surface area (Å²) in [6.45, 7) is 18.6. The molecule has 1 rings (SSSR count). The first-order valence-corrected chi connectivity index (χ1v) is 19.9. The van der Waals surface area contributed by atoms with E-state index in [1.165, 1.54) is 33.4 Å². The maximum atomic E-state index is 10.7. The van der Waals surface area contributed by atoms with E-state index in [1.54, 1.807) is 0 Å². The van der Waals surface area contributed by atoms with E-state index in [0.717, 1.165) is 37.4 Å². The molecule has 27 heavy (non-hydrogen) atoms. The molecule has 0 aliphatic rings. The Morgan fingerprint density at radius 2 is 0.630 bits per heavy atom. The van der Waals surface area contributed by atoms with Crippen LogP contribution in [0.3, 0.4) is 0 Å². The molecule has 0 atom stereocenters. The smallest absolute Gasteiger partial charge is 0.186 e. The summed E-state index contributed by atoms with van der Waals surface area (Å²) in [5.74, 6) is 0. The maximum absolute atomic E-state index is 10.7. The Morgan fingerprint density at radius 3 is 0.741 bits per heavy atom. The Hall–Kier alpha value is -0.249. The second-order valence-corrected chi connectivity index (χ2v) is 21.8. The molecule has 0 aliphatic heterocycles. The molecule has 0 unspecified atom stereocenters. The molecule has 0 saturated heterocycles. The molecule has 1 aromatic rings. The van der Waals surface area contributed by atoms with Crippen molar-refractivity contribution in [2.24, 2.45) is 0 Å². The monoisotopic (exact) mass is 426 g/mol. The summed E-state index contributed by atoms with van der Waals surface area (Å²) in [5.41, 5.74) is 8.02. The molecule has 1 aromatic carbocycles. The normalized spacial score (nSPS) is 13.3. The van der Waals surface area contributed by atoms with Crippen LogP contribution < -0.4 is 0 Å². The third-order valence-electron chi connectivity index (χ3n) is 5.07. The van der Waals surface area contributed by atoms with Gasteiger partial charge >= 0.3 is 0 Å². The minimum Gasteiger partial charge on any atom is -0.432 e. The minimum absolute atomic E-state index is 0.754. The summed E-state index contributed by atoms with van der Waals surface area (Å²) in [4.78, 5) is 32.2. The van der Waals surface area contributed by atoms with Crippen LogP contribution in [0.1, 0.15) is 54.2 Å². The van der Waals surface area contributed by atoms with Gasteiger partial charge in [0, 0.05) is 0 Å². The van der Waals surface area contributed by atoms with Gasteiger partial charge in [-0.1, -0.05) is 20.8 Å². The molecule has 0 aromatic heterocycles. The highest BCUT2D eigenvalue weighted by Crippen LogP contribution is 2.35. The summed E-state index contributed by atoms with van der Waals surface area (Å²) in [6, 6.07) is 2.26. The van der Waals surface area contributed by atoms with Crippen LogP contribution in [0.15, 0.2) is 0 Å². The lowest BCUT2D eigenvalue weighted by molar-refractivity contribution is 0.546. The van der Waals surface area contributed by atoms with Gasteiger partial charge < -0.3 is 14.4 Å².